The molecule has 0 spiro atoms. The lowest BCUT2D eigenvalue weighted by Gasteiger charge is -2.33. The Balaban J connectivity index is 1.98. The molecule has 8 heteroatoms. The topological polar surface area (TPSA) is 104 Å². The molecule has 0 unspecified atom stereocenters. The van der Waals surface area contributed by atoms with Crippen molar-refractivity contribution in [3.05, 3.63) is 0 Å². The van der Waals surface area contributed by atoms with Gasteiger partial charge in [0, 0.05) is 38.9 Å². The molecule has 2 amide bonds. The van der Waals surface area contributed by atoms with E-state index < -0.39 is 12.0 Å². The summed E-state index contributed by atoms with van der Waals surface area (Å²) in [5, 5.41) is 9.49. The summed E-state index contributed by atoms with van der Waals surface area (Å²) in [6.07, 6.45) is 5.56. The molecule has 1 heterocycles. The zero-order valence-electron chi connectivity index (χ0n) is 15.8. The monoisotopic (exact) mass is 382 g/mol. The van der Waals surface area contributed by atoms with Gasteiger partial charge in [-0.1, -0.05) is 19.3 Å². The van der Waals surface area contributed by atoms with E-state index in [9.17, 15) is 24.3 Å². The number of nitrogens with zero attached hydrogens (tertiary/aromatic N) is 2. The van der Waals surface area contributed by atoms with Gasteiger partial charge in [-0.3, -0.25) is 9.59 Å². The van der Waals surface area contributed by atoms with Crippen LogP contribution in [0.1, 0.15) is 51.4 Å². The molecule has 1 atom stereocenters. The zero-order valence-corrected chi connectivity index (χ0v) is 15.8. The van der Waals surface area contributed by atoms with Gasteiger partial charge in [-0.25, -0.2) is 4.79 Å². The van der Waals surface area contributed by atoms with Crippen molar-refractivity contribution >= 4 is 24.1 Å². The van der Waals surface area contributed by atoms with Gasteiger partial charge in [-0.05, 0) is 18.8 Å². The molecule has 27 heavy (non-hydrogen) atoms. The summed E-state index contributed by atoms with van der Waals surface area (Å²) >= 11 is 0. The molecule has 1 aliphatic carbocycles. The van der Waals surface area contributed by atoms with Gasteiger partial charge >= 0.3 is 5.97 Å². The molecule has 2 rings (SSSR count). The van der Waals surface area contributed by atoms with Crippen LogP contribution in [0.15, 0.2) is 0 Å². The minimum Gasteiger partial charge on any atom is -0.480 e. The van der Waals surface area contributed by atoms with Gasteiger partial charge in [0.1, 0.15) is 12.3 Å². The third-order valence-corrected chi connectivity index (χ3v) is 5.40. The van der Waals surface area contributed by atoms with Gasteiger partial charge in [0.05, 0.1) is 13.2 Å². The van der Waals surface area contributed by atoms with Gasteiger partial charge in [0.25, 0.3) is 0 Å². The highest BCUT2D eigenvalue weighted by Crippen LogP contribution is 2.26. The van der Waals surface area contributed by atoms with Gasteiger partial charge in [0.2, 0.25) is 11.8 Å². The van der Waals surface area contributed by atoms with Crippen molar-refractivity contribution in [3.8, 4) is 0 Å². The first-order chi connectivity index (χ1) is 13.0. The number of morpholine rings is 1. The third kappa shape index (κ3) is 6.61. The van der Waals surface area contributed by atoms with E-state index in [0.29, 0.717) is 39.1 Å². The molecule has 8 nitrogen and oxygen atoms in total. The highest BCUT2D eigenvalue weighted by atomic mass is 16.5. The smallest absolute Gasteiger partial charge is 0.326 e. The molecule has 152 valence electrons. The molecule has 1 saturated carbocycles. The number of carbonyl (C=O) groups excluding carboxylic acids is 3. The Morgan fingerprint density at radius 2 is 1.78 bits per heavy atom. The van der Waals surface area contributed by atoms with Crippen LogP contribution in [0.4, 0.5) is 0 Å². The van der Waals surface area contributed by atoms with Crippen LogP contribution in [0.3, 0.4) is 0 Å². The number of carboxylic acids is 1. The SMILES string of the molecule is O=CC[C@@H](C(=O)O)N(CC1CCCCC1)C(=O)CCC(=O)N1CCOCC1. The second kappa shape index (κ2) is 11.0. The quantitative estimate of drug-likeness (QED) is 0.598. The summed E-state index contributed by atoms with van der Waals surface area (Å²) < 4.78 is 5.22. The van der Waals surface area contributed by atoms with E-state index in [-0.39, 0.29) is 37.0 Å². The minimum absolute atomic E-state index is 0.0362. The molecule has 2 aliphatic rings. The summed E-state index contributed by atoms with van der Waals surface area (Å²) in [7, 11) is 0. The Labute approximate surface area is 159 Å². The molecule has 1 saturated heterocycles. The lowest BCUT2D eigenvalue weighted by atomic mass is 9.88. The van der Waals surface area contributed by atoms with E-state index in [1.165, 1.54) is 4.90 Å². The number of aldehydes is 1. The number of aliphatic carboxylic acids is 1. The fourth-order valence-corrected chi connectivity index (χ4v) is 3.83. The summed E-state index contributed by atoms with van der Waals surface area (Å²) in [6, 6.07) is -1.16. The van der Waals surface area contributed by atoms with Crippen LogP contribution in [0.2, 0.25) is 0 Å². The summed E-state index contributed by atoms with van der Waals surface area (Å²) in [6.45, 7) is 2.36. The van der Waals surface area contributed by atoms with Crippen LogP contribution in [0.25, 0.3) is 0 Å². The van der Waals surface area contributed by atoms with E-state index in [1.807, 2.05) is 0 Å². The van der Waals surface area contributed by atoms with Crippen LogP contribution in [-0.4, -0.2) is 77.9 Å². The molecular weight excluding hydrogens is 352 g/mol. The average molecular weight is 382 g/mol. The van der Waals surface area contributed by atoms with Crippen molar-refractivity contribution in [2.75, 3.05) is 32.8 Å². The summed E-state index contributed by atoms with van der Waals surface area (Å²) in [5.74, 6) is -1.40. The number of carbonyl (C=O) groups is 4. The van der Waals surface area contributed by atoms with Crippen molar-refractivity contribution in [2.24, 2.45) is 5.92 Å². The van der Waals surface area contributed by atoms with Crippen LogP contribution in [-0.2, 0) is 23.9 Å². The molecule has 0 aromatic rings. The highest BCUT2D eigenvalue weighted by molar-refractivity contribution is 5.88. The zero-order chi connectivity index (χ0) is 19.6. The first kappa shape index (κ1) is 21.3. The Kier molecular flexibility index (Phi) is 8.71. The average Bonchev–Trinajstić information content (AvgIpc) is 2.69. The Bertz CT molecular complexity index is 526. The fraction of sp³-hybridized carbons (Fsp3) is 0.789. The fourth-order valence-electron chi connectivity index (χ4n) is 3.83. The van der Waals surface area contributed by atoms with E-state index >= 15 is 0 Å². The number of ether oxygens (including phenoxy) is 1. The van der Waals surface area contributed by atoms with Crippen LogP contribution >= 0.6 is 0 Å². The highest BCUT2D eigenvalue weighted by Gasteiger charge is 2.32. The number of amides is 2. The van der Waals surface area contributed by atoms with Crippen LogP contribution in [0, 0.1) is 5.92 Å². The maximum Gasteiger partial charge on any atom is 0.326 e. The number of carboxylic acid groups (broad SMARTS) is 1. The van der Waals surface area contributed by atoms with E-state index in [2.05, 4.69) is 0 Å². The van der Waals surface area contributed by atoms with Crippen molar-refractivity contribution in [1.29, 1.82) is 0 Å². The Morgan fingerprint density at radius 1 is 1.11 bits per heavy atom. The molecule has 1 aliphatic heterocycles. The minimum atomic E-state index is -1.18. The molecule has 0 bridgehead atoms. The first-order valence-corrected chi connectivity index (χ1v) is 9.84. The first-order valence-electron chi connectivity index (χ1n) is 9.84. The normalized spacial score (nSPS) is 19.3. The van der Waals surface area contributed by atoms with Crippen molar-refractivity contribution in [3.63, 3.8) is 0 Å². The standard InChI is InChI=1S/C19H30N2O6/c22-11-8-16(19(25)26)21(14-15-4-2-1-3-5-15)18(24)7-6-17(23)20-9-12-27-13-10-20/h11,15-16H,1-10,12-14H2,(H,25,26)/t16-/m0/s1. The van der Waals surface area contributed by atoms with Crippen molar-refractivity contribution < 1.29 is 29.0 Å². The van der Waals surface area contributed by atoms with Crippen molar-refractivity contribution in [2.45, 2.75) is 57.4 Å². The maximum absolute atomic E-state index is 12.8. The molecule has 0 aromatic carbocycles. The summed E-state index contributed by atoms with van der Waals surface area (Å²) in [4.78, 5) is 50.6. The van der Waals surface area contributed by atoms with E-state index in [4.69, 9.17) is 4.74 Å². The molecule has 2 fully saturated rings. The lowest BCUT2D eigenvalue weighted by molar-refractivity contribution is -0.152. The van der Waals surface area contributed by atoms with Crippen LogP contribution < -0.4 is 0 Å². The number of hydrogen-bond donors (Lipinski definition) is 1. The van der Waals surface area contributed by atoms with Gasteiger partial charge in [-0.2, -0.15) is 0 Å². The van der Waals surface area contributed by atoms with Gasteiger partial charge in [-0.15, -0.1) is 0 Å². The number of rotatable bonds is 9. The molecule has 0 radical (unpaired) electrons. The second-order valence-corrected chi connectivity index (χ2v) is 7.30. The van der Waals surface area contributed by atoms with Gasteiger partial charge in [0.15, 0.2) is 0 Å². The molecule has 0 aromatic heterocycles. The molecular formula is C19H30N2O6. The second-order valence-electron chi connectivity index (χ2n) is 7.30. The molecule has 1 N–H and O–H groups in total. The van der Waals surface area contributed by atoms with Crippen molar-refractivity contribution in [1.82, 2.24) is 9.80 Å². The Morgan fingerprint density at radius 3 is 2.37 bits per heavy atom. The predicted molar refractivity (Wildman–Crippen MR) is 97.0 cm³/mol. The van der Waals surface area contributed by atoms with Gasteiger partial charge < -0.3 is 24.4 Å². The van der Waals surface area contributed by atoms with E-state index in [0.717, 1.165) is 32.1 Å². The largest absolute Gasteiger partial charge is 0.480 e. The third-order valence-electron chi connectivity index (χ3n) is 5.40. The summed E-state index contributed by atoms with van der Waals surface area (Å²) in [5.41, 5.74) is 0. The maximum atomic E-state index is 12.8. The number of hydrogen-bond acceptors (Lipinski definition) is 5. The predicted octanol–water partition coefficient (Wildman–Crippen LogP) is 1.08. The van der Waals surface area contributed by atoms with E-state index in [1.54, 1.807) is 4.90 Å². The lowest BCUT2D eigenvalue weighted by Crippen LogP contribution is -2.48. The Hall–Kier alpha value is -1.96. The van der Waals surface area contributed by atoms with Crippen LogP contribution in [0.5, 0.6) is 0 Å².